The predicted octanol–water partition coefficient (Wildman–Crippen LogP) is 2.88. The van der Waals surface area contributed by atoms with Gasteiger partial charge in [-0.15, -0.1) is 0 Å². The molecule has 0 amide bonds. The van der Waals surface area contributed by atoms with Gasteiger partial charge in [-0.2, -0.15) is 5.26 Å². The summed E-state index contributed by atoms with van der Waals surface area (Å²) in [7, 11) is 0. The molecule has 0 unspecified atom stereocenters. The number of nitriles is 1. The van der Waals surface area contributed by atoms with Crippen LogP contribution in [0.25, 0.3) is 0 Å². The third kappa shape index (κ3) is 3.20. The number of Topliss-reactive ketones (excluding diaryl/α,β-unsaturated/α-hetero) is 1. The molecule has 19 heavy (non-hydrogen) atoms. The first-order valence-corrected chi connectivity index (χ1v) is 5.92. The van der Waals surface area contributed by atoms with Gasteiger partial charge in [-0.1, -0.05) is 18.2 Å². The third-order valence-corrected chi connectivity index (χ3v) is 2.87. The monoisotopic (exact) mass is 250 g/mol. The summed E-state index contributed by atoms with van der Waals surface area (Å²) in [6.45, 7) is 0. The average molecular weight is 250 g/mol. The van der Waals surface area contributed by atoms with Crippen LogP contribution < -0.4 is 0 Å². The van der Waals surface area contributed by atoms with Crippen LogP contribution in [0.3, 0.4) is 0 Å². The first kappa shape index (κ1) is 12.8. The Balaban J connectivity index is 2.01. The fraction of sp³-hybridized carbons (Fsp3) is 0.125. The first-order chi connectivity index (χ1) is 9.20. The number of ketones is 1. The smallest absolute Gasteiger partial charge is 0.166 e. The first-order valence-electron chi connectivity index (χ1n) is 5.92. The molecule has 0 spiro atoms. The molecule has 0 fully saturated rings. The Morgan fingerprint density at radius 3 is 2.63 bits per heavy atom. The Hall–Kier alpha value is -2.60. The Kier molecular flexibility index (Phi) is 3.94. The molecule has 93 valence electrons. The van der Waals surface area contributed by atoms with E-state index < -0.39 is 0 Å². The van der Waals surface area contributed by atoms with Gasteiger partial charge in [0.15, 0.2) is 5.78 Å². The minimum Gasteiger partial charge on any atom is -0.507 e. The SMILES string of the molecule is N#Cc1ccc(CCC(=O)c2c[c]ccc2O)cc1. The van der Waals surface area contributed by atoms with Gasteiger partial charge in [-0.3, -0.25) is 4.79 Å². The van der Waals surface area contributed by atoms with E-state index in [1.165, 1.54) is 12.1 Å². The van der Waals surface area contributed by atoms with Crippen LogP contribution >= 0.6 is 0 Å². The number of nitrogens with zero attached hydrogens (tertiary/aromatic N) is 1. The van der Waals surface area contributed by atoms with Crippen molar-refractivity contribution in [3.8, 4) is 11.8 Å². The molecule has 0 saturated carbocycles. The van der Waals surface area contributed by atoms with Crippen LogP contribution in [0.1, 0.15) is 27.9 Å². The molecular formula is C16H12NO2. The molecule has 0 heterocycles. The maximum absolute atomic E-state index is 11.9. The van der Waals surface area contributed by atoms with Gasteiger partial charge >= 0.3 is 0 Å². The number of hydrogen-bond donors (Lipinski definition) is 1. The number of hydrogen-bond acceptors (Lipinski definition) is 3. The van der Waals surface area contributed by atoms with E-state index in [4.69, 9.17) is 5.26 Å². The van der Waals surface area contributed by atoms with E-state index in [0.717, 1.165) is 5.56 Å². The standard InChI is InChI=1S/C16H12NO2/c17-11-13-7-5-12(6-8-13)9-10-16(19)14-3-1-2-4-15(14)18/h2-8,18H,9-10H2. The zero-order valence-electron chi connectivity index (χ0n) is 10.3. The molecule has 2 rings (SSSR count). The molecule has 0 aliphatic heterocycles. The normalized spacial score (nSPS) is 9.84. The number of carbonyl (C=O) groups excluding carboxylic acids is 1. The van der Waals surface area contributed by atoms with Crippen molar-refractivity contribution in [2.45, 2.75) is 12.8 Å². The van der Waals surface area contributed by atoms with Crippen molar-refractivity contribution >= 4 is 5.78 Å². The summed E-state index contributed by atoms with van der Waals surface area (Å²) in [5, 5.41) is 18.3. The summed E-state index contributed by atoms with van der Waals surface area (Å²) < 4.78 is 0. The molecule has 2 aromatic carbocycles. The van der Waals surface area contributed by atoms with E-state index in [1.54, 1.807) is 18.2 Å². The molecule has 0 aliphatic carbocycles. The van der Waals surface area contributed by atoms with Crippen molar-refractivity contribution in [1.29, 1.82) is 5.26 Å². The maximum atomic E-state index is 11.9. The molecule has 0 atom stereocenters. The lowest BCUT2D eigenvalue weighted by Gasteiger charge is -2.03. The Morgan fingerprint density at radius 2 is 2.00 bits per heavy atom. The predicted molar refractivity (Wildman–Crippen MR) is 70.8 cm³/mol. The molecule has 3 nitrogen and oxygen atoms in total. The minimum atomic E-state index is -0.112. The molecule has 0 saturated heterocycles. The van der Waals surface area contributed by atoms with Gasteiger partial charge in [-0.25, -0.2) is 0 Å². The number of aromatic hydroxyl groups is 1. The maximum Gasteiger partial charge on any atom is 0.166 e. The van der Waals surface area contributed by atoms with Gasteiger partial charge < -0.3 is 5.11 Å². The summed E-state index contributed by atoms with van der Waals surface area (Å²) in [6, 6.07) is 16.5. The second kappa shape index (κ2) is 5.83. The van der Waals surface area contributed by atoms with E-state index in [2.05, 4.69) is 6.07 Å². The highest BCUT2D eigenvalue weighted by atomic mass is 16.3. The van der Waals surface area contributed by atoms with E-state index in [-0.39, 0.29) is 11.5 Å². The van der Waals surface area contributed by atoms with E-state index >= 15 is 0 Å². The van der Waals surface area contributed by atoms with E-state index in [9.17, 15) is 9.90 Å². The Morgan fingerprint density at radius 1 is 1.26 bits per heavy atom. The third-order valence-electron chi connectivity index (χ3n) is 2.87. The second-order valence-electron chi connectivity index (χ2n) is 4.18. The second-order valence-corrected chi connectivity index (χ2v) is 4.18. The highest BCUT2D eigenvalue weighted by Gasteiger charge is 2.10. The number of phenolic OH excluding ortho intramolecular Hbond substituents is 1. The number of benzene rings is 2. The minimum absolute atomic E-state index is 0.0106. The topological polar surface area (TPSA) is 61.1 Å². The lowest BCUT2D eigenvalue weighted by molar-refractivity contribution is 0.0980. The summed E-state index contributed by atoms with van der Waals surface area (Å²) in [4.78, 5) is 11.9. The molecule has 1 radical (unpaired) electrons. The summed E-state index contributed by atoms with van der Waals surface area (Å²) in [5.41, 5.74) is 1.90. The number of carbonyl (C=O) groups is 1. The molecule has 1 N–H and O–H groups in total. The number of rotatable bonds is 4. The molecule has 3 heteroatoms. The molecule has 0 aromatic heterocycles. The van der Waals surface area contributed by atoms with Crippen molar-refractivity contribution < 1.29 is 9.90 Å². The number of phenols is 1. The fourth-order valence-corrected chi connectivity index (χ4v) is 1.78. The van der Waals surface area contributed by atoms with Crippen molar-refractivity contribution in [3.05, 3.63) is 65.2 Å². The largest absolute Gasteiger partial charge is 0.507 e. The summed E-state index contributed by atoms with van der Waals surface area (Å²) in [6.07, 6.45) is 0.899. The van der Waals surface area contributed by atoms with Gasteiger partial charge in [-0.05, 0) is 42.3 Å². The van der Waals surface area contributed by atoms with Gasteiger partial charge in [0.2, 0.25) is 0 Å². The molecule has 2 aromatic rings. The lowest BCUT2D eigenvalue weighted by Crippen LogP contribution is -2.01. The lowest BCUT2D eigenvalue weighted by atomic mass is 10.0. The van der Waals surface area contributed by atoms with Gasteiger partial charge in [0, 0.05) is 6.42 Å². The summed E-state index contributed by atoms with van der Waals surface area (Å²) >= 11 is 0. The molecule has 0 aliphatic rings. The average Bonchev–Trinajstić information content (AvgIpc) is 2.46. The van der Waals surface area contributed by atoms with Crippen LogP contribution in [0, 0.1) is 17.4 Å². The Labute approximate surface area is 111 Å². The van der Waals surface area contributed by atoms with Crippen LogP contribution in [0.2, 0.25) is 0 Å². The van der Waals surface area contributed by atoms with Crippen molar-refractivity contribution in [2.75, 3.05) is 0 Å². The van der Waals surface area contributed by atoms with Crippen molar-refractivity contribution in [1.82, 2.24) is 0 Å². The summed E-state index contributed by atoms with van der Waals surface area (Å²) in [5.74, 6) is -0.123. The highest BCUT2D eigenvalue weighted by Crippen LogP contribution is 2.18. The van der Waals surface area contributed by atoms with Crippen LogP contribution in [-0.4, -0.2) is 10.9 Å². The highest BCUT2D eigenvalue weighted by molar-refractivity contribution is 5.98. The zero-order chi connectivity index (χ0) is 13.7. The fourth-order valence-electron chi connectivity index (χ4n) is 1.78. The van der Waals surface area contributed by atoms with Crippen LogP contribution in [0.5, 0.6) is 5.75 Å². The number of aryl methyl sites for hydroxylation is 1. The van der Waals surface area contributed by atoms with Gasteiger partial charge in [0.25, 0.3) is 0 Å². The quantitative estimate of drug-likeness (QED) is 0.849. The van der Waals surface area contributed by atoms with E-state index in [1.807, 2.05) is 18.2 Å². The van der Waals surface area contributed by atoms with Crippen molar-refractivity contribution in [2.24, 2.45) is 0 Å². The van der Waals surface area contributed by atoms with Crippen LogP contribution in [0.4, 0.5) is 0 Å². The van der Waals surface area contributed by atoms with Crippen LogP contribution in [0.15, 0.2) is 42.5 Å². The van der Waals surface area contributed by atoms with Gasteiger partial charge in [0.1, 0.15) is 5.75 Å². The van der Waals surface area contributed by atoms with Crippen LogP contribution in [-0.2, 0) is 6.42 Å². The van der Waals surface area contributed by atoms with Crippen molar-refractivity contribution in [3.63, 3.8) is 0 Å². The van der Waals surface area contributed by atoms with E-state index in [0.29, 0.717) is 24.0 Å². The van der Waals surface area contributed by atoms with Gasteiger partial charge in [0.05, 0.1) is 17.2 Å². The molecule has 0 bridgehead atoms. The molecular weight excluding hydrogens is 238 g/mol. The zero-order valence-corrected chi connectivity index (χ0v) is 10.3. The Bertz CT molecular complexity index is 624.